The largest absolute Gasteiger partial charge is 0.497 e. The summed E-state index contributed by atoms with van der Waals surface area (Å²) < 4.78 is 34.9. The lowest BCUT2D eigenvalue weighted by molar-refractivity contribution is -0.177. The van der Waals surface area contributed by atoms with E-state index in [2.05, 4.69) is 22.1 Å². The van der Waals surface area contributed by atoms with Crippen molar-refractivity contribution in [1.82, 2.24) is 4.90 Å². The number of nitrogens with one attached hydrogen (secondary N) is 1. The SMILES string of the molecule is COCCOC(=O)N1C(=O)[C@@]2(c3cc(C#Cc4ccc(OC)cc4)ccc31)[C@H](C(=O)Nc1ccc(N3CCOCC3)cc1)[C@H]1C(=O)O[C@H](c3ccccc3)[C@H](c3ccccc3)N1[C@@H]2c1ccccc1OCCO. The smallest absolute Gasteiger partial charge is 0.421 e. The Hall–Kier alpha value is -8.00. The first-order chi connectivity index (χ1) is 35.8. The molecule has 0 radical (unpaired) electrons. The minimum absolute atomic E-state index is 0.0422. The Morgan fingerprint density at radius 2 is 1.42 bits per heavy atom. The molecule has 3 saturated heterocycles. The molecule has 372 valence electrons. The number of nitrogens with zero attached hydrogens (tertiary/aromatic N) is 3. The number of ether oxygens (including phenoxy) is 6. The molecule has 0 aliphatic carbocycles. The number of cyclic esters (lactones) is 1. The van der Waals surface area contributed by atoms with Crippen molar-refractivity contribution >= 4 is 40.9 Å². The quantitative estimate of drug-likeness (QED) is 0.0669. The van der Waals surface area contributed by atoms with Gasteiger partial charge in [-0.1, -0.05) is 90.7 Å². The van der Waals surface area contributed by atoms with E-state index in [0.29, 0.717) is 60.0 Å². The summed E-state index contributed by atoms with van der Waals surface area (Å²) in [5.41, 5.74) is 2.54. The van der Waals surface area contributed by atoms with Gasteiger partial charge in [-0.3, -0.25) is 19.3 Å². The van der Waals surface area contributed by atoms with Gasteiger partial charge in [0.15, 0.2) is 0 Å². The van der Waals surface area contributed by atoms with Crippen molar-refractivity contribution in [3.8, 4) is 23.3 Å². The monoisotopic (exact) mass is 982 g/mol. The Bertz CT molecular complexity index is 3030. The highest BCUT2D eigenvalue weighted by molar-refractivity contribution is 6.24. The number of methoxy groups -OCH3 is 2. The van der Waals surface area contributed by atoms with Crippen LogP contribution in [0.25, 0.3) is 0 Å². The molecule has 3 fully saturated rings. The van der Waals surface area contributed by atoms with Crippen LogP contribution in [0, 0.1) is 17.8 Å². The molecule has 73 heavy (non-hydrogen) atoms. The lowest BCUT2D eigenvalue weighted by Gasteiger charge is -2.46. The number of carbonyl (C=O) groups excluding carboxylic acids is 4. The molecule has 0 unspecified atom stereocenters. The molecular formula is C58H54N4O11. The number of anilines is 3. The summed E-state index contributed by atoms with van der Waals surface area (Å²) in [6.45, 7) is 1.98. The third-order valence-electron chi connectivity index (χ3n) is 14.0. The number of amides is 3. The number of rotatable bonds is 13. The van der Waals surface area contributed by atoms with E-state index in [0.717, 1.165) is 16.2 Å². The van der Waals surface area contributed by atoms with Crippen molar-refractivity contribution < 1.29 is 52.7 Å². The second-order valence-corrected chi connectivity index (χ2v) is 18.0. The van der Waals surface area contributed by atoms with E-state index in [9.17, 15) is 9.90 Å². The Morgan fingerprint density at radius 1 is 0.753 bits per heavy atom. The summed E-state index contributed by atoms with van der Waals surface area (Å²) in [6.07, 6.45) is -1.97. The van der Waals surface area contributed by atoms with Crippen LogP contribution >= 0.6 is 0 Å². The molecule has 15 nitrogen and oxygen atoms in total. The highest BCUT2D eigenvalue weighted by Gasteiger charge is 2.76. The number of fused-ring (bicyclic) bond motifs is 3. The van der Waals surface area contributed by atoms with Gasteiger partial charge in [-0.2, -0.15) is 0 Å². The van der Waals surface area contributed by atoms with Crippen LogP contribution in [0.15, 0.2) is 152 Å². The third kappa shape index (κ3) is 9.15. The van der Waals surface area contributed by atoms with Crippen molar-refractivity contribution in [1.29, 1.82) is 0 Å². The Labute approximate surface area is 423 Å². The van der Waals surface area contributed by atoms with Crippen molar-refractivity contribution in [3.05, 3.63) is 185 Å². The summed E-state index contributed by atoms with van der Waals surface area (Å²) in [5, 5.41) is 13.3. The van der Waals surface area contributed by atoms with Crippen molar-refractivity contribution in [2.24, 2.45) is 5.92 Å². The number of benzene rings is 6. The van der Waals surface area contributed by atoms with Crippen LogP contribution in [-0.2, 0) is 38.7 Å². The molecule has 4 aliphatic heterocycles. The Kier molecular flexibility index (Phi) is 14.2. The van der Waals surface area contributed by atoms with Crippen LogP contribution in [0.2, 0.25) is 0 Å². The Morgan fingerprint density at radius 3 is 2.12 bits per heavy atom. The first-order valence-electron chi connectivity index (χ1n) is 24.2. The fourth-order valence-corrected chi connectivity index (χ4v) is 10.8. The molecular weight excluding hydrogens is 929 g/mol. The predicted octanol–water partition coefficient (Wildman–Crippen LogP) is 7.39. The van der Waals surface area contributed by atoms with Gasteiger partial charge in [0, 0.05) is 48.3 Å². The normalized spacial score (nSPS) is 22.2. The van der Waals surface area contributed by atoms with Gasteiger partial charge < -0.3 is 43.7 Å². The topological polar surface area (TPSA) is 166 Å². The average Bonchev–Trinajstić information content (AvgIpc) is 3.89. The predicted molar refractivity (Wildman–Crippen MR) is 271 cm³/mol. The van der Waals surface area contributed by atoms with Crippen LogP contribution in [-0.4, -0.2) is 107 Å². The molecule has 4 aliphatic rings. The molecule has 0 saturated carbocycles. The zero-order valence-corrected chi connectivity index (χ0v) is 40.3. The number of hydrogen-bond acceptors (Lipinski definition) is 13. The van der Waals surface area contributed by atoms with Crippen LogP contribution < -0.4 is 24.6 Å². The fraction of sp³-hybridized carbons (Fsp3) is 0.276. The summed E-state index contributed by atoms with van der Waals surface area (Å²) in [7, 11) is 3.05. The summed E-state index contributed by atoms with van der Waals surface area (Å²) in [4.78, 5) is 68.1. The van der Waals surface area contributed by atoms with E-state index in [1.807, 2.05) is 89.8 Å². The van der Waals surface area contributed by atoms with Gasteiger partial charge in [0.1, 0.15) is 42.3 Å². The Balaban J connectivity index is 1.25. The first kappa shape index (κ1) is 48.6. The van der Waals surface area contributed by atoms with Crippen LogP contribution in [0.1, 0.15) is 51.6 Å². The number of para-hydroxylation sites is 1. The van der Waals surface area contributed by atoms with E-state index >= 15 is 14.4 Å². The van der Waals surface area contributed by atoms with E-state index in [1.165, 1.54) is 7.11 Å². The molecule has 6 atom stereocenters. The van der Waals surface area contributed by atoms with E-state index in [4.69, 9.17) is 28.4 Å². The summed E-state index contributed by atoms with van der Waals surface area (Å²) in [6, 6.07) is 42.0. The highest BCUT2D eigenvalue weighted by atomic mass is 16.6. The maximum absolute atomic E-state index is 16.6. The van der Waals surface area contributed by atoms with E-state index in [-0.39, 0.29) is 43.4 Å². The van der Waals surface area contributed by atoms with Crippen LogP contribution in [0.5, 0.6) is 11.5 Å². The zero-order chi connectivity index (χ0) is 50.5. The molecule has 0 bridgehead atoms. The maximum atomic E-state index is 16.6. The molecule has 15 heteroatoms. The highest BCUT2D eigenvalue weighted by Crippen LogP contribution is 2.67. The molecule has 0 aromatic heterocycles. The second kappa shape index (κ2) is 21.4. The molecule has 1 spiro atoms. The summed E-state index contributed by atoms with van der Waals surface area (Å²) >= 11 is 0. The lowest BCUT2D eigenvalue weighted by Crippen LogP contribution is -2.54. The number of hydrogen-bond donors (Lipinski definition) is 2. The minimum Gasteiger partial charge on any atom is -0.497 e. The molecule has 4 heterocycles. The average molecular weight is 983 g/mol. The molecule has 6 aromatic carbocycles. The number of aliphatic hydroxyl groups excluding tert-OH is 1. The van der Waals surface area contributed by atoms with Gasteiger partial charge in [0.2, 0.25) is 11.8 Å². The van der Waals surface area contributed by atoms with Crippen LogP contribution in [0.4, 0.5) is 21.9 Å². The second-order valence-electron chi connectivity index (χ2n) is 18.0. The lowest BCUT2D eigenvalue weighted by atomic mass is 9.65. The van der Waals surface area contributed by atoms with Crippen molar-refractivity contribution in [2.75, 3.05) is 82.1 Å². The van der Waals surface area contributed by atoms with Gasteiger partial charge in [0.05, 0.1) is 57.2 Å². The van der Waals surface area contributed by atoms with Gasteiger partial charge in [-0.15, -0.1) is 0 Å². The third-order valence-corrected chi connectivity index (χ3v) is 14.0. The minimum atomic E-state index is -2.13. The summed E-state index contributed by atoms with van der Waals surface area (Å²) in [5.74, 6) is 3.55. The first-order valence-corrected chi connectivity index (χ1v) is 24.2. The number of morpholine rings is 2. The number of aliphatic hydroxyl groups is 1. The molecule has 2 N–H and O–H groups in total. The zero-order valence-electron chi connectivity index (χ0n) is 40.3. The number of esters is 1. The molecule has 10 rings (SSSR count). The standard InChI is InChI=1S/C58H54N4O11/c1-68-35-36-72-57(67)61-47-28-21-39(18-17-38-19-26-44(69-2)27-20-38)37-46(47)58(56(61)66)49(54(64)59-42-22-24-43(25-23-42)60-29-32-70-33-30-60)51-55(65)73-52(41-13-7-4-8-14-41)50(40-11-5-3-6-12-40)62(51)53(58)45-15-9-10-16-48(45)71-34-31-63/h3-16,19-28,37,49-53,63H,29-36H2,1-2H3,(H,59,64)/t49-,50-,51-,52+,53+,58-/m0/s1. The van der Waals surface area contributed by atoms with E-state index in [1.54, 1.807) is 73.8 Å². The fourth-order valence-electron chi connectivity index (χ4n) is 10.8. The van der Waals surface area contributed by atoms with Gasteiger partial charge in [-0.05, 0) is 89.5 Å². The van der Waals surface area contributed by atoms with E-state index < -0.39 is 59.4 Å². The number of carbonyl (C=O) groups is 4. The van der Waals surface area contributed by atoms with Gasteiger partial charge in [0.25, 0.3) is 0 Å². The number of imide groups is 1. The molecule has 6 aromatic rings. The maximum Gasteiger partial charge on any atom is 0.421 e. The van der Waals surface area contributed by atoms with Crippen molar-refractivity contribution in [2.45, 2.75) is 29.6 Å². The van der Waals surface area contributed by atoms with Crippen LogP contribution in [0.3, 0.4) is 0 Å². The van der Waals surface area contributed by atoms with Gasteiger partial charge >= 0.3 is 12.1 Å². The van der Waals surface area contributed by atoms with Crippen molar-refractivity contribution in [3.63, 3.8) is 0 Å². The van der Waals surface area contributed by atoms with Gasteiger partial charge in [-0.25, -0.2) is 9.69 Å². The molecule has 3 amide bonds.